The van der Waals surface area contributed by atoms with Gasteiger partial charge >= 0.3 is 12.1 Å². The van der Waals surface area contributed by atoms with Crippen LogP contribution in [0, 0.1) is 0 Å². The Hall–Kier alpha value is -0.820. The Morgan fingerprint density at radius 1 is 1.67 bits per heavy atom. The van der Waals surface area contributed by atoms with Gasteiger partial charge in [0.25, 0.3) is 0 Å². The van der Waals surface area contributed by atoms with Crippen molar-refractivity contribution in [1.82, 2.24) is 5.32 Å². The maximum absolute atomic E-state index is 11.5. The van der Waals surface area contributed by atoms with Gasteiger partial charge in [0.15, 0.2) is 0 Å². The van der Waals surface area contributed by atoms with Gasteiger partial charge < -0.3 is 19.9 Å². The number of ether oxygens (including phenoxy) is 2. The van der Waals surface area contributed by atoms with E-state index in [1.807, 2.05) is 0 Å². The van der Waals surface area contributed by atoms with E-state index in [9.17, 15) is 9.59 Å². The van der Waals surface area contributed by atoms with Gasteiger partial charge in [-0.1, -0.05) is 15.9 Å². The number of halogens is 1. The van der Waals surface area contributed by atoms with E-state index < -0.39 is 29.8 Å². The van der Waals surface area contributed by atoms with E-state index in [0.29, 0.717) is 6.42 Å². The van der Waals surface area contributed by atoms with Crippen molar-refractivity contribution in [2.75, 3.05) is 6.61 Å². The van der Waals surface area contributed by atoms with Crippen LogP contribution in [0.15, 0.2) is 0 Å². The lowest BCUT2D eigenvalue weighted by Gasteiger charge is -2.20. The second-order valence-corrected chi connectivity index (χ2v) is 6.28. The number of hydrogen-bond acceptors (Lipinski definition) is 5. The predicted octanol–water partition coefficient (Wildman–Crippen LogP) is 0.951. The lowest BCUT2D eigenvalue weighted by molar-refractivity contribution is -0.143. The average Bonchev–Trinajstić information content (AvgIpc) is 2.56. The number of aliphatic hydroxyl groups is 1. The van der Waals surface area contributed by atoms with Crippen molar-refractivity contribution in [1.29, 1.82) is 0 Å². The van der Waals surface area contributed by atoms with Crippen molar-refractivity contribution < 1.29 is 24.2 Å². The van der Waals surface area contributed by atoms with Crippen LogP contribution in [-0.4, -0.2) is 46.3 Å². The summed E-state index contributed by atoms with van der Waals surface area (Å²) in [6.45, 7) is 5.07. The summed E-state index contributed by atoms with van der Waals surface area (Å²) in [6.07, 6.45) is -0.781. The van der Waals surface area contributed by atoms with Crippen LogP contribution < -0.4 is 5.32 Å². The third-order valence-corrected chi connectivity index (χ3v) is 3.17. The summed E-state index contributed by atoms with van der Waals surface area (Å²) in [5, 5.41) is 11.4. The monoisotopic (exact) mass is 323 g/mol. The number of alkyl halides is 1. The van der Waals surface area contributed by atoms with Gasteiger partial charge in [-0.15, -0.1) is 0 Å². The molecule has 1 fully saturated rings. The first kappa shape index (κ1) is 15.2. The van der Waals surface area contributed by atoms with E-state index in [1.165, 1.54) is 0 Å². The fourth-order valence-electron chi connectivity index (χ4n) is 1.51. The zero-order valence-corrected chi connectivity index (χ0v) is 12.2. The van der Waals surface area contributed by atoms with Crippen molar-refractivity contribution in [2.45, 2.75) is 49.8 Å². The number of carbonyl (C=O) groups is 2. The van der Waals surface area contributed by atoms with Gasteiger partial charge in [0.1, 0.15) is 17.7 Å². The van der Waals surface area contributed by atoms with Gasteiger partial charge in [-0.05, 0) is 20.8 Å². The van der Waals surface area contributed by atoms with E-state index in [0.717, 1.165) is 0 Å². The number of nitrogens with one attached hydrogen (secondary N) is 1. The second kappa shape index (κ2) is 5.88. The minimum atomic E-state index is -0.726. The van der Waals surface area contributed by atoms with Crippen LogP contribution in [0.25, 0.3) is 0 Å². The van der Waals surface area contributed by atoms with E-state index >= 15 is 0 Å². The molecule has 7 heteroatoms. The van der Waals surface area contributed by atoms with Crippen molar-refractivity contribution in [3.63, 3.8) is 0 Å². The topological polar surface area (TPSA) is 84.9 Å². The molecule has 0 spiro atoms. The molecule has 0 aliphatic carbocycles. The predicted molar refractivity (Wildman–Crippen MR) is 67.5 cm³/mol. The molecular weight excluding hydrogens is 306 g/mol. The summed E-state index contributed by atoms with van der Waals surface area (Å²) in [5.74, 6) is -0.510. The lowest BCUT2D eigenvalue weighted by atomic mass is 10.1. The third kappa shape index (κ3) is 4.45. The fraction of sp³-hybridized carbons (Fsp3) is 0.818. The van der Waals surface area contributed by atoms with Crippen LogP contribution in [0.4, 0.5) is 4.79 Å². The number of carbonyl (C=O) groups excluding carboxylic acids is 2. The molecule has 0 unspecified atom stereocenters. The summed E-state index contributed by atoms with van der Waals surface area (Å²) in [4.78, 5) is 22.7. The molecule has 1 aliphatic rings. The molecule has 2 N–H and O–H groups in total. The molecule has 0 saturated carbocycles. The number of cyclic esters (lactones) is 1. The molecule has 3 atom stereocenters. The Morgan fingerprint density at radius 2 is 2.28 bits per heavy atom. The third-order valence-electron chi connectivity index (χ3n) is 2.29. The van der Waals surface area contributed by atoms with Gasteiger partial charge in [-0.3, -0.25) is 0 Å². The number of rotatable bonds is 3. The molecule has 1 amide bonds. The van der Waals surface area contributed by atoms with Crippen molar-refractivity contribution in [3.05, 3.63) is 0 Å². The van der Waals surface area contributed by atoms with Crippen molar-refractivity contribution in [3.8, 4) is 0 Å². The van der Waals surface area contributed by atoms with Crippen LogP contribution in [-0.2, 0) is 14.3 Å². The maximum Gasteiger partial charge on any atom is 0.408 e. The molecule has 0 aromatic carbocycles. The normalized spacial score (nSPS) is 25.5. The number of aliphatic hydroxyl groups excluding tert-OH is 1. The minimum Gasteiger partial charge on any atom is -0.459 e. The van der Waals surface area contributed by atoms with Gasteiger partial charge in [0.05, 0.1) is 11.4 Å². The zero-order chi connectivity index (χ0) is 13.9. The van der Waals surface area contributed by atoms with Crippen LogP contribution >= 0.6 is 15.9 Å². The van der Waals surface area contributed by atoms with Crippen LogP contribution in [0.5, 0.6) is 0 Å². The second-order valence-electron chi connectivity index (χ2n) is 5.11. The smallest absolute Gasteiger partial charge is 0.408 e. The first-order chi connectivity index (χ1) is 8.23. The molecule has 0 bridgehead atoms. The molecule has 0 aromatic heterocycles. The average molecular weight is 324 g/mol. The summed E-state index contributed by atoms with van der Waals surface area (Å²) in [7, 11) is 0. The maximum atomic E-state index is 11.5. The van der Waals surface area contributed by atoms with E-state index in [1.54, 1.807) is 20.8 Å². The Balaban J connectivity index is 2.49. The largest absolute Gasteiger partial charge is 0.459 e. The molecule has 0 radical (unpaired) electrons. The fourth-order valence-corrected chi connectivity index (χ4v) is 1.84. The van der Waals surface area contributed by atoms with E-state index in [-0.39, 0.29) is 11.4 Å². The number of alkyl carbamates (subject to hydrolysis) is 1. The molecule has 1 saturated heterocycles. The highest BCUT2D eigenvalue weighted by Crippen LogP contribution is 2.22. The van der Waals surface area contributed by atoms with Crippen LogP contribution in [0.2, 0.25) is 0 Å². The summed E-state index contributed by atoms with van der Waals surface area (Å²) in [5.41, 5.74) is -0.616. The Bertz CT molecular complexity index is 328. The summed E-state index contributed by atoms with van der Waals surface area (Å²) in [6, 6.07) is -0.726. The lowest BCUT2D eigenvalue weighted by Crippen LogP contribution is -2.41. The number of hydrogen-bond donors (Lipinski definition) is 2. The van der Waals surface area contributed by atoms with Gasteiger partial charge in [0.2, 0.25) is 0 Å². The molecule has 1 heterocycles. The number of esters is 1. The molecular formula is C11H18BrNO5. The van der Waals surface area contributed by atoms with Crippen molar-refractivity contribution >= 4 is 28.0 Å². The standard InChI is InChI=1S/C11H18BrNO5/c1-11(2,3)18-10(16)13-7-4-8(6(12)5-14)17-9(7)15/h6-8,14H,4-5H2,1-3H3,(H,13,16)/t6-,7-,8-/m1/s1. The Labute approximate surface area is 114 Å². The van der Waals surface area contributed by atoms with Crippen LogP contribution in [0.3, 0.4) is 0 Å². The molecule has 1 aliphatic heterocycles. The van der Waals surface area contributed by atoms with E-state index in [4.69, 9.17) is 14.6 Å². The van der Waals surface area contributed by atoms with Crippen LogP contribution in [0.1, 0.15) is 27.2 Å². The first-order valence-corrected chi connectivity index (χ1v) is 6.59. The van der Waals surface area contributed by atoms with Gasteiger partial charge in [-0.25, -0.2) is 9.59 Å². The van der Waals surface area contributed by atoms with Crippen molar-refractivity contribution in [2.24, 2.45) is 0 Å². The quantitative estimate of drug-likeness (QED) is 0.596. The number of amides is 1. The van der Waals surface area contributed by atoms with Gasteiger partial charge in [0, 0.05) is 6.42 Å². The Morgan fingerprint density at radius 3 is 2.78 bits per heavy atom. The molecule has 1 rings (SSSR count). The molecule has 0 aromatic rings. The highest BCUT2D eigenvalue weighted by Gasteiger charge is 2.39. The highest BCUT2D eigenvalue weighted by molar-refractivity contribution is 9.09. The van der Waals surface area contributed by atoms with E-state index in [2.05, 4.69) is 21.2 Å². The van der Waals surface area contributed by atoms with Gasteiger partial charge in [-0.2, -0.15) is 0 Å². The zero-order valence-electron chi connectivity index (χ0n) is 10.6. The molecule has 104 valence electrons. The molecule has 6 nitrogen and oxygen atoms in total. The SMILES string of the molecule is CC(C)(C)OC(=O)N[C@@H]1C[C@H]([C@H](Br)CO)OC1=O. The summed E-state index contributed by atoms with van der Waals surface area (Å²) < 4.78 is 10.1. The molecule has 18 heavy (non-hydrogen) atoms. The first-order valence-electron chi connectivity index (χ1n) is 5.68. The summed E-state index contributed by atoms with van der Waals surface area (Å²) >= 11 is 3.20. The highest BCUT2D eigenvalue weighted by atomic mass is 79.9. The Kier molecular flexibility index (Phi) is 4.98. The minimum absolute atomic E-state index is 0.142.